The van der Waals surface area contributed by atoms with Gasteiger partial charge in [-0.3, -0.25) is 9.36 Å². The third-order valence-corrected chi connectivity index (χ3v) is 4.83. The van der Waals surface area contributed by atoms with Crippen molar-refractivity contribution in [3.63, 3.8) is 0 Å². The maximum atomic E-state index is 12.6. The minimum absolute atomic E-state index is 0.0263. The van der Waals surface area contributed by atoms with E-state index in [9.17, 15) is 4.79 Å². The van der Waals surface area contributed by atoms with Crippen molar-refractivity contribution in [3.05, 3.63) is 60.6 Å². The van der Waals surface area contributed by atoms with Crippen molar-refractivity contribution in [2.24, 2.45) is 0 Å². The summed E-state index contributed by atoms with van der Waals surface area (Å²) < 4.78 is 12.5. The van der Waals surface area contributed by atoms with Gasteiger partial charge >= 0.3 is 0 Å². The molecule has 0 fully saturated rings. The molecule has 0 saturated heterocycles. The summed E-state index contributed by atoms with van der Waals surface area (Å²) in [5, 5.41) is 9.17. The van der Waals surface area contributed by atoms with Crippen LogP contribution in [0.25, 0.3) is 11.4 Å². The van der Waals surface area contributed by atoms with Crippen molar-refractivity contribution in [2.75, 3.05) is 12.9 Å². The Hall–Kier alpha value is -2.80. The van der Waals surface area contributed by atoms with E-state index in [1.165, 1.54) is 11.8 Å². The number of ether oxygens (including phenoxy) is 1. The van der Waals surface area contributed by atoms with E-state index in [4.69, 9.17) is 9.15 Å². The lowest BCUT2D eigenvalue weighted by Gasteiger charge is -2.08. The molecule has 0 spiro atoms. The van der Waals surface area contributed by atoms with Gasteiger partial charge in [-0.2, -0.15) is 0 Å². The van der Waals surface area contributed by atoms with Crippen molar-refractivity contribution >= 4 is 17.5 Å². The molecule has 0 radical (unpaired) electrons. The van der Waals surface area contributed by atoms with Crippen LogP contribution in [0.15, 0.2) is 58.8 Å². The average molecular weight is 369 g/mol. The van der Waals surface area contributed by atoms with E-state index in [0.717, 1.165) is 11.3 Å². The molecule has 7 heteroatoms. The fourth-order valence-electron chi connectivity index (χ4n) is 2.59. The normalized spacial score (nSPS) is 10.7. The molecule has 0 aliphatic rings. The van der Waals surface area contributed by atoms with Crippen LogP contribution in [0.5, 0.6) is 5.75 Å². The molecule has 1 aromatic carbocycles. The molecule has 0 atom stereocenters. The van der Waals surface area contributed by atoms with Crippen LogP contribution < -0.4 is 4.74 Å². The Morgan fingerprint density at radius 1 is 1.35 bits per heavy atom. The van der Waals surface area contributed by atoms with Gasteiger partial charge in [0, 0.05) is 6.54 Å². The highest BCUT2D eigenvalue weighted by Crippen LogP contribution is 2.28. The number of aromatic nitrogens is 3. The number of para-hydroxylation sites is 1. The van der Waals surface area contributed by atoms with Crippen LogP contribution in [0.4, 0.5) is 0 Å². The number of aryl methyl sites for hydroxylation is 1. The molecule has 0 unspecified atom stereocenters. The van der Waals surface area contributed by atoms with Crippen LogP contribution in [-0.4, -0.2) is 33.4 Å². The predicted molar refractivity (Wildman–Crippen MR) is 101 cm³/mol. The van der Waals surface area contributed by atoms with Gasteiger partial charge in [-0.25, -0.2) is 0 Å². The molecule has 0 amide bonds. The summed E-state index contributed by atoms with van der Waals surface area (Å²) in [5.74, 6) is 2.25. The first-order valence-corrected chi connectivity index (χ1v) is 9.01. The number of hydrogen-bond donors (Lipinski definition) is 0. The highest BCUT2D eigenvalue weighted by Gasteiger charge is 2.19. The number of allylic oxidation sites excluding steroid dienone is 1. The highest BCUT2D eigenvalue weighted by molar-refractivity contribution is 7.99. The number of rotatable bonds is 8. The molecule has 0 aliphatic heterocycles. The minimum atomic E-state index is -0.0263. The number of hydrogen-bond acceptors (Lipinski definition) is 6. The molecule has 2 aromatic heterocycles. The van der Waals surface area contributed by atoms with Gasteiger partial charge in [0.2, 0.25) is 0 Å². The summed E-state index contributed by atoms with van der Waals surface area (Å²) in [6.45, 7) is 6.21. The van der Waals surface area contributed by atoms with Crippen LogP contribution >= 0.6 is 11.8 Å². The fraction of sp³-hybridized carbons (Fsp3) is 0.211. The summed E-state index contributed by atoms with van der Waals surface area (Å²) >= 11 is 1.34. The Labute approximate surface area is 155 Å². The number of methoxy groups -OCH3 is 1. The second-order valence-electron chi connectivity index (χ2n) is 5.51. The number of thioether (sulfide) groups is 1. The summed E-state index contributed by atoms with van der Waals surface area (Å²) in [6, 6.07) is 9.05. The van der Waals surface area contributed by atoms with Gasteiger partial charge in [0.05, 0.1) is 30.3 Å². The van der Waals surface area contributed by atoms with Gasteiger partial charge in [0.1, 0.15) is 11.5 Å². The Balaban J connectivity index is 1.82. The monoisotopic (exact) mass is 369 g/mol. The fourth-order valence-corrected chi connectivity index (χ4v) is 3.42. The number of ketones is 1. The summed E-state index contributed by atoms with van der Waals surface area (Å²) in [6.07, 6.45) is 3.39. The average Bonchev–Trinajstić information content (AvgIpc) is 3.25. The van der Waals surface area contributed by atoms with E-state index in [2.05, 4.69) is 16.8 Å². The molecule has 3 aromatic rings. The first kappa shape index (κ1) is 18.0. The second-order valence-corrected chi connectivity index (χ2v) is 6.45. The topological polar surface area (TPSA) is 70.2 Å². The molecule has 0 aliphatic carbocycles. The van der Waals surface area contributed by atoms with E-state index in [0.29, 0.717) is 28.8 Å². The third-order valence-electron chi connectivity index (χ3n) is 3.87. The molecule has 3 rings (SSSR count). The third kappa shape index (κ3) is 3.57. The minimum Gasteiger partial charge on any atom is -0.496 e. The smallest absolute Gasteiger partial charge is 0.192 e. The summed E-state index contributed by atoms with van der Waals surface area (Å²) in [7, 11) is 1.56. The lowest BCUT2D eigenvalue weighted by atomic mass is 10.1. The van der Waals surface area contributed by atoms with Gasteiger partial charge in [0.15, 0.2) is 16.8 Å². The van der Waals surface area contributed by atoms with Crippen LogP contribution in [0, 0.1) is 6.92 Å². The van der Waals surface area contributed by atoms with Gasteiger partial charge in [-0.15, -0.1) is 16.8 Å². The Morgan fingerprint density at radius 2 is 2.15 bits per heavy atom. The second kappa shape index (κ2) is 8.05. The maximum Gasteiger partial charge on any atom is 0.192 e. The van der Waals surface area contributed by atoms with Crippen LogP contribution in [-0.2, 0) is 6.54 Å². The number of carbonyl (C=O) groups excluding carboxylic acids is 1. The van der Waals surface area contributed by atoms with Gasteiger partial charge in [-0.1, -0.05) is 30.0 Å². The Morgan fingerprint density at radius 3 is 2.85 bits per heavy atom. The molecule has 6 nitrogen and oxygen atoms in total. The number of Topliss-reactive ketones (excluding diaryl/α,β-unsaturated/α-hetero) is 1. The molecule has 26 heavy (non-hydrogen) atoms. The molecule has 2 heterocycles. The van der Waals surface area contributed by atoms with Crippen LogP contribution in [0.1, 0.15) is 16.1 Å². The van der Waals surface area contributed by atoms with Crippen molar-refractivity contribution in [1.29, 1.82) is 0 Å². The first-order valence-electron chi connectivity index (χ1n) is 8.03. The van der Waals surface area contributed by atoms with E-state index < -0.39 is 0 Å². The zero-order valence-electron chi connectivity index (χ0n) is 14.6. The highest BCUT2D eigenvalue weighted by atomic mass is 32.2. The van der Waals surface area contributed by atoms with Gasteiger partial charge in [-0.05, 0) is 25.1 Å². The quantitative estimate of drug-likeness (QED) is 0.339. The number of furan rings is 1. The van der Waals surface area contributed by atoms with Crippen molar-refractivity contribution < 1.29 is 13.9 Å². The standard InChI is InChI=1S/C19H19N3O3S/c1-4-10-22-18(14-9-11-25-13(14)2)20-21-19(22)26-12-16(23)15-7-5-6-8-17(15)24-3/h4-9,11H,1,10,12H2,2-3H3. The van der Waals surface area contributed by atoms with Gasteiger partial charge < -0.3 is 9.15 Å². The number of nitrogens with zero attached hydrogens (tertiary/aromatic N) is 3. The molecule has 0 bridgehead atoms. The Kier molecular flexibility index (Phi) is 5.58. The largest absolute Gasteiger partial charge is 0.496 e. The SMILES string of the molecule is C=CCn1c(SCC(=O)c2ccccc2OC)nnc1-c1ccoc1C. The Bertz CT molecular complexity index is 930. The number of benzene rings is 1. The van der Waals surface area contributed by atoms with Gasteiger partial charge in [0.25, 0.3) is 0 Å². The van der Waals surface area contributed by atoms with Crippen LogP contribution in [0.3, 0.4) is 0 Å². The lowest BCUT2D eigenvalue weighted by Crippen LogP contribution is -2.07. The van der Waals surface area contributed by atoms with E-state index >= 15 is 0 Å². The van der Waals surface area contributed by atoms with Crippen molar-refractivity contribution in [1.82, 2.24) is 14.8 Å². The van der Waals surface area contributed by atoms with Crippen molar-refractivity contribution in [2.45, 2.75) is 18.6 Å². The van der Waals surface area contributed by atoms with E-state index in [1.54, 1.807) is 31.6 Å². The molecule has 134 valence electrons. The zero-order chi connectivity index (χ0) is 18.5. The lowest BCUT2D eigenvalue weighted by molar-refractivity contribution is 0.101. The molecule has 0 saturated carbocycles. The molecular formula is C19H19N3O3S. The summed E-state index contributed by atoms with van der Waals surface area (Å²) in [4.78, 5) is 12.6. The van der Waals surface area contributed by atoms with E-state index in [1.807, 2.05) is 29.7 Å². The van der Waals surface area contributed by atoms with Crippen molar-refractivity contribution in [3.8, 4) is 17.1 Å². The molecular weight excluding hydrogens is 350 g/mol. The molecule has 0 N–H and O–H groups in total. The number of carbonyl (C=O) groups is 1. The van der Waals surface area contributed by atoms with Crippen LogP contribution in [0.2, 0.25) is 0 Å². The van der Waals surface area contributed by atoms with E-state index in [-0.39, 0.29) is 11.5 Å². The first-order chi connectivity index (χ1) is 12.7. The summed E-state index contributed by atoms with van der Waals surface area (Å²) in [5.41, 5.74) is 1.44. The zero-order valence-corrected chi connectivity index (χ0v) is 15.5. The maximum absolute atomic E-state index is 12.6. The predicted octanol–water partition coefficient (Wildman–Crippen LogP) is 4.02.